The molecule has 0 saturated carbocycles. The van der Waals surface area contributed by atoms with Crippen LogP contribution in [0.15, 0.2) is 48.8 Å². The van der Waals surface area contributed by atoms with Gasteiger partial charge in [-0.1, -0.05) is 11.6 Å². The zero-order chi connectivity index (χ0) is 21.3. The Morgan fingerprint density at radius 2 is 2.13 bits per heavy atom. The van der Waals surface area contributed by atoms with E-state index >= 15 is 0 Å². The van der Waals surface area contributed by atoms with Crippen molar-refractivity contribution >= 4 is 29.3 Å². The standard InChI is InChI=1S/C20H17ClF2N4O2S/c1-20(22,23)29-16-8-13(7-14(21)9-16)18-10-17(19(28)26-5-6-30-12-26)25-27(18)15-3-2-4-24-11-15/h2-4,7-11H,5-6,12H2,1H3. The van der Waals surface area contributed by atoms with Crippen molar-refractivity contribution < 1.29 is 18.3 Å². The Bertz CT molecular complexity index is 1070. The van der Waals surface area contributed by atoms with Crippen LogP contribution in [0.25, 0.3) is 16.9 Å². The summed E-state index contributed by atoms with van der Waals surface area (Å²) in [5.41, 5.74) is 1.85. The third-order valence-corrected chi connectivity index (χ3v) is 5.51. The first kappa shape index (κ1) is 20.6. The second-order valence-electron chi connectivity index (χ2n) is 6.73. The molecule has 1 aliphatic rings. The van der Waals surface area contributed by atoms with Crippen LogP contribution < -0.4 is 4.74 Å². The summed E-state index contributed by atoms with van der Waals surface area (Å²) in [5.74, 6) is 1.20. The van der Waals surface area contributed by atoms with E-state index in [1.54, 1.807) is 58.0 Å². The second-order valence-corrected chi connectivity index (χ2v) is 8.24. The molecule has 3 heterocycles. The molecule has 0 N–H and O–H groups in total. The van der Waals surface area contributed by atoms with Crippen LogP contribution in [0.1, 0.15) is 17.4 Å². The predicted molar refractivity (Wildman–Crippen MR) is 111 cm³/mol. The topological polar surface area (TPSA) is 60.2 Å². The normalized spacial score (nSPS) is 14.2. The van der Waals surface area contributed by atoms with E-state index in [2.05, 4.69) is 14.8 Å². The van der Waals surface area contributed by atoms with E-state index in [0.717, 1.165) is 5.75 Å². The highest BCUT2D eigenvalue weighted by Gasteiger charge is 2.26. The molecule has 0 atom stereocenters. The number of rotatable bonds is 5. The molecular formula is C20H17ClF2N4O2S. The van der Waals surface area contributed by atoms with E-state index in [4.69, 9.17) is 11.6 Å². The zero-order valence-corrected chi connectivity index (χ0v) is 17.5. The number of carbonyl (C=O) groups is 1. The van der Waals surface area contributed by atoms with Crippen molar-refractivity contribution in [2.75, 3.05) is 18.2 Å². The number of carbonyl (C=O) groups excluding carboxylic acids is 1. The van der Waals surface area contributed by atoms with Gasteiger partial charge in [-0.15, -0.1) is 11.8 Å². The Labute approximate surface area is 180 Å². The highest BCUT2D eigenvalue weighted by Crippen LogP contribution is 2.33. The molecule has 1 amide bonds. The Morgan fingerprint density at radius 3 is 2.80 bits per heavy atom. The highest BCUT2D eigenvalue weighted by atomic mass is 35.5. The largest absolute Gasteiger partial charge is 0.433 e. The Balaban J connectivity index is 1.81. The van der Waals surface area contributed by atoms with Crippen molar-refractivity contribution in [3.8, 4) is 22.7 Å². The molecular weight excluding hydrogens is 434 g/mol. The molecule has 0 unspecified atom stereocenters. The van der Waals surface area contributed by atoms with Crippen LogP contribution in [-0.2, 0) is 0 Å². The molecule has 0 aliphatic carbocycles. The maximum atomic E-state index is 13.4. The lowest BCUT2D eigenvalue weighted by atomic mass is 10.1. The van der Waals surface area contributed by atoms with Crippen LogP contribution >= 0.6 is 23.4 Å². The number of halogens is 3. The van der Waals surface area contributed by atoms with E-state index in [1.165, 1.54) is 12.1 Å². The number of aromatic nitrogens is 3. The minimum atomic E-state index is -3.36. The number of nitrogens with zero attached hydrogens (tertiary/aromatic N) is 4. The molecule has 1 aliphatic heterocycles. The van der Waals surface area contributed by atoms with Crippen LogP contribution in [0.2, 0.25) is 5.02 Å². The molecule has 1 aromatic carbocycles. The molecule has 0 radical (unpaired) electrons. The molecule has 1 fully saturated rings. The monoisotopic (exact) mass is 450 g/mol. The second kappa shape index (κ2) is 8.23. The molecule has 30 heavy (non-hydrogen) atoms. The Hall–Kier alpha value is -2.65. The fourth-order valence-corrected chi connectivity index (χ4v) is 4.25. The van der Waals surface area contributed by atoms with E-state index in [-0.39, 0.29) is 22.4 Å². The van der Waals surface area contributed by atoms with Crippen molar-refractivity contribution in [2.24, 2.45) is 0 Å². The van der Waals surface area contributed by atoms with E-state index < -0.39 is 6.11 Å². The van der Waals surface area contributed by atoms with Gasteiger partial charge in [0.15, 0.2) is 5.69 Å². The molecule has 6 nitrogen and oxygen atoms in total. The predicted octanol–water partition coefficient (Wildman–Crippen LogP) is 4.73. The minimum Gasteiger partial charge on any atom is -0.433 e. The summed E-state index contributed by atoms with van der Waals surface area (Å²) < 4.78 is 32.9. The van der Waals surface area contributed by atoms with E-state index in [1.807, 2.05) is 0 Å². The molecule has 2 aromatic heterocycles. The first-order valence-electron chi connectivity index (χ1n) is 9.05. The van der Waals surface area contributed by atoms with Crippen molar-refractivity contribution in [3.05, 3.63) is 59.5 Å². The Kier molecular flexibility index (Phi) is 5.66. The number of pyridine rings is 1. The summed E-state index contributed by atoms with van der Waals surface area (Å²) in [6, 6.07) is 9.49. The number of thioether (sulfide) groups is 1. The van der Waals surface area contributed by atoms with Crippen molar-refractivity contribution in [1.82, 2.24) is 19.7 Å². The Morgan fingerprint density at radius 1 is 1.30 bits per heavy atom. The van der Waals surface area contributed by atoms with Crippen LogP contribution in [0.5, 0.6) is 5.75 Å². The molecule has 3 aromatic rings. The van der Waals surface area contributed by atoms with Gasteiger partial charge in [0.1, 0.15) is 5.75 Å². The van der Waals surface area contributed by atoms with Gasteiger partial charge in [0.25, 0.3) is 5.91 Å². The number of amides is 1. The van der Waals surface area contributed by atoms with Gasteiger partial charge in [-0.3, -0.25) is 9.78 Å². The number of alkyl halides is 2. The molecule has 156 valence electrons. The van der Waals surface area contributed by atoms with E-state index in [9.17, 15) is 13.6 Å². The van der Waals surface area contributed by atoms with Crippen LogP contribution in [-0.4, -0.2) is 49.9 Å². The average molecular weight is 451 g/mol. The SMILES string of the molecule is CC(F)(F)Oc1cc(Cl)cc(-c2cc(C(=O)N3CCSC3)nn2-c2cccnc2)c1. The summed E-state index contributed by atoms with van der Waals surface area (Å²) in [5, 5.41) is 4.70. The molecule has 0 bridgehead atoms. The van der Waals surface area contributed by atoms with Gasteiger partial charge in [0.05, 0.1) is 23.5 Å². The molecule has 0 spiro atoms. The summed E-state index contributed by atoms with van der Waals surface area (Å²) in [6.45, 7) is 1.30. The maximum absolute atomic E-state index is 13.4. The number of hydrogen-bond acceptors (Lipinski definition) is 5. The van der Waals surface area contributed by atoms with Gasteiger partial charge in [-0.25, -0.2) is 4.68 Å². The summed E-state index contributed by atoms with van der Waals surface area (Å²) in [6.07, 6.45) is -0.145. The van der Waals surface area contributed by atoms with Crippen molar-refractivity contribution in [1.29, 1.82) is 0 Å². The zero-order valence-electron chi connectivity index (χ0n) is 15.9. The highest BCUT2D eigenvalue weighted by molar-refractivity contribution is 7.99. The fourth-order valence-electron chi connectivity index (χ4n) is 3.08. The lowest BCUT2D eigenvalue weighted by Crippen LogP contribution is -2.28. The lowest BCUT2D eigenvalue weighted by Gasteiger charge is -2.14. The van der Waals surface area contributed by atoms with E-state index in [0.29, 0.717) is 36.3 Å². The van der Waals surface area contributed by atoms with Gasteiger partial charge in [0.2, 0.25) is 0 Å². The van der Waals surface area contributed by atoms with Crippen LogP contribution in [0, 0.1) is 0 Å². The molecule has 1 saturated heterocycles. The van der Waals surface area contributed by atoms with Crippen molar-refractivity contribution in [3.63, 3.8) is 0 Å². The van der Waals surface area contributed by atoms with Crippen molar-refractivity contribution in [2.45, 2.75) is 13.0 Å². The van der Waals surface area contributed by atoms with Gasteiger partial charge in [-0.05, 0) is 36.4 Å². The van der Waals surface area contributed by atoms with Gasteiger partial charge in [-0.2, -0.15) is 13.9 Å². The van der Waals surface area contributed by atoms with Crippen LogP contribution in [0.3, 0.4) is 0 Å². The van der Waals surface area contributed by atoms with Gasteiger partial charge < -0.3 is 9.64 Å². The molecule has 4 rings (SSSR count). The summed E-state index contributed by atoms with van der Waals surface area (Å²) >= 11 is 7.83. The first-order chi connectivity index (χ1) is 14.3. The smallest absolute Gasteiger partial charge is 0.394 e. The molecule has 10 heteroatoms. The quantitative estimate of drug-likeness (QED) is 0.562. The van der Waals surface area contributed by atoms with Crippen LogP contribution in [0.4, 0.5) is 8.78 Å². The summed E-state index contributed by atoms with van der Waals surface area (Å²) in [7, 11) is 0. The lowest BCUT2D eigenvalue weighted by molar-refractivity contribution is -0.158. The van der Waals surface area contributed by atoms with Gasteiger partial charge >= 0.3 is 6.11 Å². The minimum absolute atomic E-state index is 0.0900. The third kappa shape index (κ3) is 4.57. The first-order valence-corrected chi connectivity index (χ1v) is 10.6. The number of hydrogen-bond donors (Lipinski definition) is 0. The maximum Gasteiger partial charge on any atom is 0.394 e. The average Bonchev–Trinajstić information content (AvgIpc) is 3.37. The third-order valence-electron chi connectivity index (χ3n) is 4.32. The fraction of sp³-hybridized carbons (Fsp3) is 0.250. The number of benzene rings is 1. The summed E-state index contributed by atoms with van der Waals surface area (Å²) in [4.78, 5) is 18.7. The number of ether oxygens (including phenoxy) is 1. The van der Waals surface area contributed by atoms with Gasteiger partial charge in [0, 0.05) is 36.0 Å².